The van der Waals surface area contributed by atoms with Crippen molar-refractivity contribution >= 4 is 23.3 Å². The Morgan fingerprint density at radius 1 is 1.67 bits per heavy atom. The standard InChI is InChI=1S/C9H12ClN3O2/c1-2-3-4-11-6-5-12-9(10)13-7(6)8(14)15/h5,11H,2-4H2,1H3,(H,14,15). The normalized spacial score (nSPS) is 10.0. The predicted octanol–water partition coefficient (Wildman–Crippen LogP) is 2.04. The molecule has 0 unspecified atom stereocenters. The second kappa shape index (κ2) is 5.50. The number of halogens is 1. The van der Waals surface area contributed by atoms with E-state index in [-0.39, 0.29) is 11.0 Å². The van der Waals surface area contributed by atoms with Crippen molar-refractivity contribution in [2.75, 3.05) is 11.9 Å². The maximum Gasteiger partial charge on any atom is 0.356 e. The molecule has 1 rings (SSSR count). The number of anilines is 1. The molecule has 1 aromatic rings. The minimum Gasteiger partial charge on any atom is -0.476 e. The molecule has 0 bridgehead atoms. The highest BCUT2D eigenvalue weighted by atomic mass is 35.5. The van der Waals surface area contributed by atoms with E-state index < -0.39 is 5.97 Å². The van der Waals surface area contributed by atoms with Gasteiger partial charge in [0, 0.05) is 6.54 Å². The van der Waals surface area contributed by atoms with Crippen molar-refractivity contribution in [1.29, 1.82) is 0 Å². The van der Waals surface area contributed by atoms with Crippen LogP contribution in [0.5, 0.6) is 0 Å². The average Bonchev–Trinajstić information content (AvgIpc) is 2.20. The third-order valence-electron chi connectivity index (χ3n) is 1.81. The van der Waals surface area contributed by atoms with Gasteiger partial charge < -0.3 is 10.4 Å². The molecule has 1 aromatic heterocycles. The molecule has 0 aliphatic rings. The molecule has 0 aromatic carbocycles. The first-order valence-electron chi connectivity index (χ1n) is 4.65. The van der Waals surface area contributed by atoms with Gasteiger partial charge in [0.05, 0.1) is 11.9 Å². The zero-order valence-electron chi connectivity index (χ0n) is 8.33. The monoisotopic (exact) mass is 229 g/mol. The van der Waals surface area contributed by atoms with Gasteiger partial charge in [-0.3, -0.25) is 0 Å². The molecule has 5 nitrogen and oxygen atoms in total. The van der Waals surface area contributed by atoms with E-state index in [4.69, 9.17) is 16.7 Å². The summed E-state index contributed by atoms with van der Waals surface area (Å²) in [6.45, 7) is 2.75. The molecule has 0 saturated carbocycles. The zero-order chi connectivity index (χ0) is 11.3. The van der Waals surface area contributed by atoms with Gasteiger partial charge in [0.15, 0.2) is 5.69 Å². The second-order valence-electron chi connectivity index (χ2n) is 2.99. The summed E-state index contributed by atoms with van der Waals surface area (Å²) in [5.74, 6) is -1.11. The van der Waals surface area contributed by atoms with Crippen LogP contribution < -0.4 is 5.32 Å². The van der Waals surface area contributed by atoms with E-state index in [2.05, 4.69) is 22.2 Å². The number of aromatic carboxylic acids is 1. The predicted molar refractivity (Wildman–Crippen MR) is 57.4 cm³/mol. The lowest BCUT2D eigenvalue weighted by molar-refractivity contribution is 0.0691. The number of carboxylic acid groups (broad SMARTS) is 1. The molecule has 0 aliphatic carbocycles. The Hall–Kier alpha value is -1.36. The van der Waals surface area contributed by atoms with Gasteiger partial charge in [-0.15, -0.1) is 0 Å². The molecular weight excluding hydrogens is 218 g/mol. The fourth-order valence-corrected chi connectivity index (χ4v) is 1.19. The minimum absolute atomic E-state index is 0.0616. The second-order valence-corrected chi connectivity index (χ2v) is 3.32. The van der Waals surface area contributed by atoms with Crippen molar-refractivity contribution in [3.05, 3.63) is 17.2 Å². The van der Waals surface area contributed by atoms with Crippen LogP contribution in [0.2, 0.25) is 5.28 Å². The highest BCUT2D eigenvalue weighted by Gasteiger charge is 2.12. The Kier molecular flexibility index (Phi) is 4.30. The summed E-state index contributed by atoms with van der Waals surface area (Å²) in [6.07, 6.45) is 3.37. The summed E-state index contributed by atoms with van der Waals surface area (Å²) in [5.41, 5.74) is 0.312. The molecule has 0 fully saturated rings. The van der Waals surface area contributed by atoms with Crippen LogP contribution in [-0.4, -0.2) is 27.6 Å². The number of nitrogens with zero attached hydrogens (tertiary/aromatic N) is 2. The third-order valence-corrected chi connectivity index (χ3v) is 1.99. The minimum atomic E-state index is -1.11. The van der Waals surface area contributed by atoms with Gasteiger partial charge in [0.2, 0.25) is 5.28 Å². The summed E-state index contributed by atoms with van der Waals surface area (Å²) in [7, 11) is 0. The Labute approximate surface area is 92.5 Å². The van der Waals surface area contributed by atoms with Crippen molar-refractivity contribution in [3.8, 4) is 0 Å². The van der Waals surface area contributed by atoms with E-state index >= 15 is 0 Å². The Morgan fingerprint density at radius 3 is 3.00 bits per heavy atom. The van der Waals surface area contributed by atoms with Crippen LogP contribution in [-0.2, 0) is 0 Å². The Balaban J connectivity index is 2.81. The van der Waals surface area contributed by atoms with Crippen molar-refractivity contribution in [2.45, 2.75) is 19.8 Å². The molecule has 15 heavy (non-hydrogen) atoms. The van der Waals surface area contributed by atoms with Crippen LogP contribution in [0, 0.1) is 0 Å². The Morgan fingerprint density at radius 2 is 2.40 bits per heavy atom. The zero-order valence-corrected chi connectivity index (χ0v) is 9.08. The maximum absolute atomic E-state index is 10.8. The molecule has 0 aliphatic heterocycles. The van der Waals surface area contributed by atoms with Crippen LogP contribution in [0.1, 0.15) is 30.3 Å². The molecule has 0 radical (unpaired) electrons. The summed E-state index contributed by atoms with van der Waals surface area (Å²) < 4.78 is 0. The first-order chi connectivity index (χ1) is 7.15. The fourth-order valence-electron chi connectivity index (χ4n) is 1.05. The lowest BCUT2D eigenvalue weighted by Gasteiger charge is -2.07. The topological polar surface area (TPSA) is 75.1 Å². The number of unbranched alkanes of at least 4 members (excludes halogenated alkanes) is 1. The van der Waals surface area contributed by atoms with Crippen molar-refractivity contribution in [1.82, 2.24) is 9.97 Å². The van der Waals surface area contributed by atoms with Crippen molar-refractivity contribution in [2.24, 2.45) is 0 Å². The van der Waals surface area contributed by atoms with Gasteiger partial charge in [0.25, 0.3) is 0 Å². The molecule has 2 N–H and O–H groups in total. The lowest BCUT2D eigenvalue weighted by atomic mass is 10.3. The van der Waals surface area contributed by atoms with Gasteiger partial charge in [0.1, 0.15) is 0 Å². The van der Waals surface area contributed by atoms with Gasteiger partial charge in [-0.05, 0) is 18.0 Å². The molecule has 0 atom stereocenters. The highest BCUT2D eigenvalue weighted by molar-refractivity contribution is 6.28. The van der Waals surface area contributed by atoms with E-state index in [1.807, 2.05) is 0 Å². The van der Waals surface area contributed by atoms with Crippen LogP contribution in [0.25, 0.3) is 0 Å². The van der Waals surface area contributed by atoms with Gasteiger partial charge in [-0.25, -0.2) is 14.8 Å². The largest absolute Gasteiger partial charge is 0.476 e. The molecule has 82 valence electrons. The number of aromatic nitrogens is 2. The van der Waals surface area contributed by atoms with Crippen LogP contribution in [0.15, 0.2) is 6.20 Å². The number of carboxylic acids is 1. The Bertz CT molecular complexity index is 357. The summed E-state index contributed by atoms with van der Waals surface area (Å²) in [6, 6.07) is 0. The molecule has 1 heterocycles. The summed E-state index contributed by atoms with van der Waals surface area (Å²) in [4.78, 5) is 18.2. The third kappa shape index (κ3) is 3.36. The van der Waals surface area contributed by atoms with Crippen LogP contribution in [0.4, 0.5) is 5.69 Å². The van der Waals surface area contributed by atoms with Crippen molar-refractivity contribution < 1.29 is 9.90 Å². The van der Waals surface area contributed by atoms with E-state index in [0.29, 0.717) is 12.2 Å². The number of hydrogen-bond donors (Lipinski definition) is 2. The van der Waals surface area contributed by atoms with Gasteiger partial charge in [-0.2, -0.15) is 0 Å². The van der Waals surface area contributed by atoms with Crippen LogP contribution in [0.3, 0.4) is 0 Å². The summed E-state index contributed by atoms with van der Waals surface area (Å²) >= 11 is 5.51. The fraction of sp³-hybridized carbons (Fsp3) is 0.444. The summed E-state index contributed by atoms with van der Waals surface area (Å²) in [5, 5.41) is 11.8. The molecule has 0 amide bonds. The number of rotatable bonds is 5. The first-order valence-corrected chi connectivity index (χ1v) is 5.02. The lowest BCUT2D eigenvalue weighted by Crippen LogP contribution is -2.10. The molecule has 0 spiro atoms. The van der Waals surface area contributed by atoms with E-state index in [9.17, 15) is 4.79 Å². The average molecular weight is 230 g/mol. The number of carbonyl (C=O) groups is 1. The molecular formula is C9H12ClN3O2. The quantitative estimate of drug-likeness (QED) is 0.597. The molecule has 6 heteroatoms. The smallest absolute Gasteiger partial charge is 0.356 e. The van der Waals surface area contributed by atoms with E-state index in [1.165, 1.54) is 6.20 Å². The highest BCUT2D eigenvalue weighted by Crippen LogP contribution is 2.14. The van der Waals surface area contributed by atoms with E-state index in [1.54, 1.807) is 0 Å². The first kappa shape index (κ1) is 11.7. The molecule has 0 saturated heterocycles. The van der Waals surface area contributed by atoms with Crippen LogP contribution >= 0.6 is 11.6 Å². The number of hydrogen-bond acceptors (Lipinski definition) is 4. The SMILES string of the molecule is CCCCNc1cnc(Cl)nc1C(=O)O. The van der Waals surface area contributed by atoms with Gasteiger partial charge in [-0.1, -0.05) is 13.3 Å². The maximum atomic E-state index is 10.8. The van der Waals surface area contributed by atoms with Gasteiger partial charge >= 0.3 is 5.97 Å². The van der Waals surface area contributed by atoms with E-state index in [0.717, 1.165) is 12.8 Å². The van der Waals surface area contributed by atoms with Crippen molar-refractivity contribution in [3.63, 3.8) is 0 Å². The number of nitrogens with one attached hydrogen (secondary N) is 1.